The van der Waals surface area contributed by atoms with Gasteiger partial charge in [0.05, 0.1) is 22.8 Å². The van der Waals surface area contributed by atoms with Gasteiger partial charge in [-0.25, -0.2) is 9.67 Å². The van der Waals surface area contributed by atoms with Crippen molar-refractivity contribution < 1.29 is 14.0 Å². The highest BCUT2D eigenvalue weighted by Gasteiger charge is 2.20. The molecule has 2 amide bonds. The largest absolute Gasteiger partial charge is 0.466 e. The zero-order valence-electron chi connectivity index (χ0n) is 19.6. The highest BCUT2D eigenvalue weighted by Crippen LogP contribution is 2.30. The van der Waals surface area contributed by atoms with Gasteiger partial charge in [0, 0.05) is 37.0 Å². The van der Waals surface area contributed by atoms with Crippen LogP contribution in [0, 0.1) is 13.8 Å². The highest BCUT2D eigenvalue weighted by atomic mass is 16.3. The van der Waals surface area contributed by atoms with E-state index in [2.05, 4.69) is 10.4 Å². The minimum absolute atomic E-state index is 0.0788. The van der Waals surface area contributed by atoms with E-state index in [0.29, 0.717) is 33.5 Å². The molecule has 0 spiro atoms. The molecule has 0 fully saturated rings. The summed E-state index contributed by atoms with van der Waals surface area (Å²) < 4.78 is 7.49. The van der Waals surface area contributed by atoms with Gasteiger partial charge in [-0.15, -0.1) is 0 Å². The van der Waals surface area contributed by atoms with Crippen LogP contribution in [0.2, 0.25) is 0 Å². The first-order valence-corrected chi connectivity index (χ1v) is 10.7. The number of pyridine rings is 1. The number of aromatic nitrogens is 3. The first-order chi connectivity index (χ1) is 15.7. The van der Waals surface area contributed by atoms with Gasteiger partial charge in [0.25, 0.3) is 11.8 Å². The number of carbonyl (C=O) groups is 2. The molecule has 0 atom stereocenters. The minimum atomic E-state index is -0.281. The van der Waals surface area contributed by atoms with Crippen LogP contribution in [0.4, 0.5) is 5.69 Å². The summed E-state index contributed by atoms with van der Waals surface area (Å²) in [5.41, 5.74) is 3.73. The first-order valence-electron chi connectivity index (χ1n) is 10.7. The quantitative estimate of drug-likeness (QED) is 0.474. The predicted molar refractivity (Wildman–Crippen MR) is 128 cm³/mol. The molecule has 0 aliphatic heterocycles. The van der Waals surface area contributed by atoms with Crippen molar-refractivity contribution in [3.05, 3.63) is 65.2 Å². The number of carbonyl (C=O) groups excluding carboxylic acids is 2. The summed E-state index contributed by atoms with van der Waals surface area (Å²) in [6, 6.07) is 10.6. The Labute approximate surface area is 192 Å². The number of furan rings is 1. The zero-order valence-corrected chi connectivity index (χ0v) is 19.6. The van der Waals surface area contributed by atoms with Crippen molar-refractivity contribution in [3.63, 3.8) is 0 Å². The van der Waals surface area contributed by atoms with Gasteiger partial charge in [-0.1, -0.05) is 0 Å². The molecule has 170 valence electrons. The van der Waals surface area contributed by atoms with E-state index in [1.54, 1.807) is 55.3 Å². The monoisotopic (exact) mass is 445 g/mol. The number of nitrogens with zero attached hydrogens (tertiary/aromatic N) is 4. The molecule has 4 aromatic rings. The molecule has 1 N–H and O–H groups in total. The molecule has 0 bridgehead atoms. The van der Waals surface area contributed by atoms with Gasteiger partial charge in [0.15, 0.2) is 5.65 Å². The molecule has 8 heteroatoms. The van der Waals surface area contributed by atoms with Crippen LogP contribution in [0.1, 0.15) is 52.1 Å². The lowest BCUT2D eigenvalue weighted by Crippen LogP contribution is -2.21. The second kappa shape index (κ2) is 8.54. The summed E-state index contributed by atoms with van der Waals surface area (Å²) >= 11 is 0. The van der Waals surface area contributed by atoms with E-state index in [1.807, 2.05) is 33.8 Å². The molecule has 3 heterocycles. The van der Waals surface area contributed by atoms with Crippen LogP contribution < -0.4 is 5.32 Å². The standard InChI is InChI=1S/C25H27N5O3/c1-14(2)30-23-21(13-26-30)20(12-22(28-23)19-11-15(3)33-16(19)4)24(31)27-18-9-7-17(8-10-18)25(32)29(5)6/h7-14H,1-6H3,(H,27,31). The molecule has 3 aromatic heterocycles. The Morgan fingerprint density at radius 1 is 1.09 bits per heavy atom. The lowest BCUT2D eigenvalue weighted by molar-refractivity contribution is 0.0827. The molecule has 0 aliphatic rings. The van der Waals surface area contributed by atoms with Crippen molar-refractivity contribution in [3.8, 4) is 11.3 Å². The summed E-state index contributed by atoms with van der Waals surface area (Å²) in [5.74, 6) is 1.14. The van der Waals surface area contributed by atoms with Crippen LogP contribution in [0.3, 0.4) is 0 Å². The molecular weight excluding hydrogens is 418 g/mol. The predicted octanol–water partition coefficient (Wildman–Crippen LogP) is 4.84. The normalized spacial score (nSPS) is 11.2. The van der Waals surface area contributed by atoms with Gasteiger partial charge in [-0.2, -0.15) is 5.10 Å². The van der Waals surface area contributed by atoms with Gasteiger partial charge < -0.3 is 14.6 Å². The van der Waals surface area contributed by atoms with Crippen LogP contribution in [0.25, 0.3) is 22.3 Å². The molecule has 33 heavy (non-hydrogen) atoms. The third-order valence-electron chi connectivity index (χ3n) is 5.41. The average molecular weight is 446 g/mol. The van der Waals surface area contributed by atoms with Crippen molar-refractivity contribution >= 4 is 28.5 Å². The molecule has 8 nitrogen and oxygen atoms in total. The molecule has 0 unspecified atom stereocenters. The van der Waals surface area contributed by atoms with E-state index in [-0.39, 0.29) is 17.9 Å². The van der Waals surface area contributed by atoms with Crippen molar-refractivity contribution in [1.29, 1.82) is 0 Å². The number of benzene rings is 1. The van der Waals surface area contributed by atoms with Crippen LogP contribution in [-0.4, -0.2) is 45.6 Å². The molecule has 4 rings (SSSR count). The molecule has 0 aliphatic carbocycles. The SMILES string of the molecule is Cc1cc(-c2cc(C(=O)Nc3ccc(C(=O)N(C)C)cc3)c3cnn(C(C)C)c3n2)c(C)o1. The number of amides is 2. The molecular formula is C25H27N5O3. The van der Waals surface area contributed by atoms with E-state index >= 15 is 0 Å². The van der Waals surface area contributed by atoms with Gasteiger partial charge in [-0.3, -0.25) is 9.59 Å². The molecule has 0 radical (unpaired) electrons. The van der Waals surface area contributed by atoms with Gasteiger partial charge >= 0.3 is 0 Å². The average Bonchev–Trinajstić information content (AvgIpc) is 3.35. The summed E-state index contributed by atoms with van der Waals surface area (Å²) in [6.45, 7) is 7.80. The van der Waals surface area contributed by atoms with Crippen molar-refractivity contribution in [2.24, 2.45) is 0 Å². The number of fused-ring (bicyclic) bond motifs is 1. The maximum atomic E-state index is 13.3. The third kappa shape index (κ3) is 4.24. The lowest BCUT2D eigenvalue weighted by atomic mass is 10.1. The fraction of sp³-hybridized carbons (Fsp3) is 0.280. The lowest BCUT2D eigenvalue weighted by Gasteiger charge is -2.12. The fourth-order valence-electron chi connectivity index (χ4n) is 3.76. The Bertz CT molecular complexity index is 1350. The van der Waals surface area contributed by atoms with Crippen LogP contribution in [0.15, 0.2) is 47.0 Å². The van der Waals surface area contributed by atoms with Crippen LogP contribution in [-0.2, 0) is 0 Å². The Morgan fingerprint density at radius 3 is 2.36 bits per heavy atom. The molecule has 0 saturated carbocycles. The number of hydrogen-bond acceptors (Lipinski definition) is 5. The highest BCUT2D eigenvalue weighted by molar-refractivity contribution is 6.12. The third-order valence-corrected chi connectivity index (χ3v) is 5.41. The molecule has 0 saturated heterocycles. The Balaban J connectivity index is 1.75. The second-order valence-electron chi connectivity index (χ2n) is 8.53. The summed E-state index contributed by atoms with van der Waals surface area (Å²) in [6.07, 6.45) is 1.67. The van der Waals surface area contributed by atoms with Gasteiger partial charge in [-0.05, 0) is 64.1 Å². The van der Waals surface area contributed by atoms with E-state index in [9.17, 15) is 9.59 Å². The number of anilines is 1. The fourth-order valence-corrected chi connectivity index (χ4v) is 3.76. The van der Waals surface area contributed by atoms with Crippen molar-refractivity contribution in [1.82, 2.24) is 19.7 Å². The maximum Gasteiger partial charge on any atom is 0.256 e. The van der Waals surface area contributed by atoms with E-state index in [0.717, 1.165) is 17.1 Å². The smallest absolute Gasteiger partial charge is 0.256 e. The summed E-state index contributed by atoms with van der Waals surface area (Å²) in [7, 11) is 3.40. The Kier molecular flexibility index (Phi) is 5.76. The zero-order chi connectivity index (χ0) is 23.9. The maximum absolute atomic E-state index is 13.3. The minimum Gasteiger partial charge on any atom is -0.466 e. The van der Waals surface area contributed by atoms with Crippen molar-refractivity contribution in [2.45, 2.75) is 33.7 Å². The second-order valence-corrected chi connectivity index (χ2v) is 8.53. The van der Waals surface area contributed by atoms with E-state index in [4.69, 9.17) is 9.40 Å². The van der Waals surface area contributed by atoms with Crippen LogP contribution in [0.5, 0.6) is 0 Å². The van der Waals surface area contributed by atoms with Crippen molar-refractivity contribution in [2.75, 3.05) is 19.4 Å². The number of aryl methyl sites for hydroxylation is 2. The summed E-state index contributed by atoms with van der Waals surface area (Å²) in [4.78, 5) is 31.8. The Hall–Kier alpha value is -3.94. The van der Waals surface area contributed by atoms with Gasteiger partial charge in [0.2, 0.25) is 0 Å². The van der Waals surface area contributed by atoms with Gasteiger partial charge in [0.1, 0.15) is 11.5 Å². The summed E-state index contributed by atoms with van der Waals surface area (Å²) in [5, 5.41) is 8.06. The topological polar surface area (TPSA) is 93.3 Å². The van der Waals surface area contributed by atoms with E-state index in [1.165, 1.54) is 4.90 Å². The molecule has 1 aromatic carbocycles. The number of hydrogen-bond donors (Lipinski definition) is 1. The van der Waals surface area contributed by atoms with E-state index < -0.39 is 0 Å². The van der Waals surface area contributed by atoms with Crippen LogP contribution >= 0.6 is 0 Å². The Morgan fingerprint density at radius 2 is 1.79 bits per heavy atom. The number of rotatable bonds is 5. The number of nitrogens with one attached hydrogen (secondary N) is 1. The first kappa shape index (κ1) is 22.3.